The predicted molar refractivity (Wildman–Crippen MR) is 29.7 cm³/mol. The molecule has 0 aliphatic heterocycles. The summed E-state index contributed by atoms with van der Waals surface area (Å²) in [6.45, 7) is 0. The van der Waals surface area contributed by atoms with Crippen LogP contribution in [0, 0.1) is 0 Å². The van der Waals surface area contributed by atoms with Crippen molar-refractivity contribution in [1.29, 1.82) is 0 Å². The molecule has 0 spiro atoms. The first-order valence-corrected chi connectivity index (χ1v) is 4.74. The van der Waals surface area contributed by atoms with Gasteiger partial charge in [0.15, 0.2) is 0 Å². The van der Waals surface area contributed by atoms with E-state index in [0.29, 0.717) is 0 Å². The molecular weight excluding hydrogens is 105 g/mol. The summed E-state index contributed by atoms with van der Waals surface area (Å²) in [5, 5.41) is 0. The molecule has 2 radical (unpaired) electrons. The van der Waals surface area contributed by atoms with Crippen molar-refractivity contribution in [2.45, 2.75) is 0 Å². The standard InChI is InChI=1S/BH2P2S/c1-3(2)4/h2H2/q+1. The van der Waals surface area contributed by atoms with E-state index in [4.69, 9.17) is 7.57 Å². The van der Waals surface area contributed by atoms with E-state index >= 15 is 0 Å². The molecule has 0 saturated heterocycles. The minimum absolute atomic E-state index is 0.620. The fourth-order valence-corrected chi connectivity index (χ4v) is 0. The average Bonchev–Trinajstić information content (AvgIpc) is 0.811. The second-order valence-corrected chi connectivity index (χ2v) is 5.14. The van der Waals surface area contributed by atoms with Gasteiger partial charge >= 0.3 is 7.57 Å². The molecule has 4 heavy (non-hydrogen) atoms. The highest BCUT2D eigenvalue weighted by molar-refractivity contribution is 8.43. The Hall–Kier alpha value is 1.01. The van der Waals surface area contributed by atoms with Gasteiger partial charge in [-0.3, -0.25) is 0 Å². The fourth-order valence-electron chi connectivity index (χ4n) is 0. The maximum atomic E-state index is 4.95. The number of hydrogen-bond donors (Lipinski definition) is 0. The summed E-state index contributed by atoms with van der Waals surface area (Å²) in [7, 11) is 7.27. The van der Waals surface area contributed by atoms with E-state index in [1.54, 1.807) is 0 Å². The molecule has 0 saturated carbocycles. The number of hydrogen-bond acceptors (Lipinski definition) is 1. The van der Waals surface area contributed by atoms with Crippen LogP contribution in [0.3, 0.4) is 0 Å². The highest BCUT2D eigenvalue weighted by Gasteiger charge is 1.77. The molecule has 0 fully saturated rings. The normalized spacial score (nSPS) is 10.8. The smallest absolute Gasteiger partial charge is 0.0774 e. The summed E-state index contributed by atoms with van der Waals surface area (Å²) in [4.78, 5) is 0. The van der Waals surface area contributed by atoms with E-state index in [1.165, 1.54) is 0 Å². The fraction of sp³-hybridized carbons (Fsp3) is 0. The Morgan fingerprint density at radius 1 is 2.00 bits per heavy atom. The SMILES string of the molecule is [B][P+](P)=S. The van der Waals surface area contributed by atoms with Crippen molar-refractivity contribution in [3.8, 4) is 0 Å². The molecule has 2 atom stereocenters. The first kappa shape index (κ1) is 5.01. The van der Waals surface area contributed by atoms with Gasteiger partial charge in [-0.05, 0) is 0 Å². The van der Waals surface area contributed by atoms with Crippen LogP contribution in [0.1, 0.15) is 0 Å². The Bertz CT molecular complexity index is 29.0. The van der Waals surface area contributed by atoms with Gasteiger partial charge in [0.05, 0.1) is 8.93 Å². The Labute approximate surface area is 35.2 Å². The Morgan fingerprint density at radius 3 is 2.00 bits per heavy atom. The van der Waals surface area contributed by atoms with Crippen LogP contribution >= 0.6 is 15.2 Å². The van der Waals surface area contributed by atoms with Crippen LogP contribution in [0.2, 0.25) is 0 Å². The second-order valence-electron chi connectivity index (χ2n) is 0.360. The van der Waals surface area contributed by atoms with Crippen molar-refractivity contribution < 1.29 is 0 Å². The van der Waals surface area contributed by atoms with Gasteiger partial charge in [0.2, 0.25) is 0 Å². The van der Waals surface area contributed by atoms with Crippen LogP contribution in [0.15, 0.2) is 0 Å². The third-order valence-electron chi connectivity index (χ3n) is 0. The second kappa shape index (κ2) is 2.26. The van der Waals surface area contributed by atoms with E-state index in [2.05, 4.69) is 20.7 Å². The Morgan fingerprint density at radius 2 is 2.00 bits per heavy atom. The summed E-state index contributed by atoms with van der Waals surface area (Å²) in [6, 6.07) is 0. The molecule has 4 heteroatoms. The lowest BCUT2D eigenvalue weighted by Crippen LogP contribution is -1.22. The quantitative estimate of drug-likeness (QED) is 0.326. The summed E-state index contributed by atoms with van der Waals surface area (Å²) in [5.41, 5.74) is 0. The van der Waals surface area contributed by atoms with Crippen molar-refractivity contribution >= 4 is 34.6 Å². The molecule has 0 nitrogen and oxygen atoms in total. The van der Waals surface area contributed by atoms with Gasteiger partial charge in [0.25, 0.3) is 0 Å². The van der Waals surface area contributed by atoms with Gasteiger partial charge in [0, 0.05) is 0 Å². The molecule has 2 unspecified atom stereocenters. The van der Waals surface area contributed by atoms with Crippen LogP contribution in [0.25, 0.3) is 0 Å². The molecule has 0 heterocycles. The molecule has 20 valence electrons. The van der Waals surface area contributed by atoms with Crippen LogP contribution in [0.4, 0.5) is 0 Å². The first-order valence-electron chi connectivity index (χ1n) is 0.699. The van der Waals surface area contributed by atoms with Crippen LogP contribution in [0.5, 0.6) is 0 Å². The monoisotopic (exact) mass is 107 g/mol. The van der Waals surface area contributed by atoms with Crippen molar-refractivity contribution in [3.63, 3.8) is 0 Å². The maximum Gasteiger partial charge on any atom is 0.462 e. The average molecular weight is 107 g/mol. The largest absolute Gasteiger partial charge is 0.462 e. The summed E-state index contributed by atoms with van der Waals surface area (Å²) in [6.07, 6.45) is -0.620. The topological polar surface area (TPSA) is 0 Å². The summed E-state index contributed by atoms with van der Waals surface area (Å²) >= 11 is 4.43. The predicted octanol–water partition coefficient (Wildman–Crippen LogP) is 0.804. The lowest BCUT2D eigenvalue weighted by Gasteiger charge is -1.41. The molecule has 0 aliphatic carbocycles. The van der Waals surface area contributed by atoms with E-state index in [9.17, 15) is 0 Å². The van der Waals surface area contributed by atoms with Gasteiger partial charge in [0.1, 0.15) is 18.1 Å². The minimum atomic E-state index is -0.620. The zero-order valence-electron chi connectivity index (χ0n) is 2.01. The third kappa shape index (κ3) is 11.9. The first-order chi connectivity index (χ1) is 1.73. The van der Waals surface area contributed by atoms with Gasteiger partial charge < -0.3 is 0 Å². The zero-order valence-corrected chi connectivity index (χ0v) is 4.88. The molecule has 0 bridgehead atoms. The molecule has 0 aromatic heterocycles. The van der Waals surface area contributed by atoms with Crippen LogP contribution < -0.4 is 0 Å². The van der Waals surface area contributed by atoms with E-state index < -0.39 is 6.26 Å². The number of rotatable bonds is 0. The molecule has 0 aliphatic rings. The molecule has 0 aromatic carbocycles. The van der Waals surface area contributed by atoms with E-state index in [-0.39, 0.29) is 0 Å². The molecular formula is H2BP2S+. The summed E-state index contributed by atoms with van der Waals surface area (Å²) < 4.78 is 0. The highest BCUT2D eigenvalue weighted by atomic mass is 32.6. The van der Waals surface area contributed by atoms with E-state index in [0.717, 1.165) is 0 Å². The zero-order chi connectivity index (χ0) is 3.58. The van der Waals surface area contributed by atoms with Gasteiger partial charge in [-0.25, -0.2) is 0 Å². The van der Waals surface area contributed by atoms with Gasteiger partial charge in [-0.15, -0.1) is 0 Å². The van der Waals surface area contributed by atoms with Crippen LogP contribution in [-0.2, 0) is 11.8 Å². The van der Waals surface area contributed by atoms with Gasteiger partial charge in [-0.1, -0.05) is 0 Å². The van der Waals surface area contributed by atoms with Crippen molar-refractivity contribution in [2.75, 3.05) is 0 Å². The molecule has 0 N–H and O–H groups in total. The van der Waals surface area contributed by atoms with E-state index in [1.807, 2.05) is 0 Å². The molecule has 0 rings (SSSR count). The Kier molecular flexibility index (Phi) is 2.84. The van der Waals surface area contributed by atoms with Crippen molar-refractivity contribution in [3.05, 3.63) is 0 Å². The molecule has 0 aromatic rings. The van der Waals surface area contributed by atoms with Crippen molar-refractivity contribution in [2.24, 2.45) is 0 Å². The highest BCUT2D eigenvalue weighted by Crippen LogP contribution is 2.21. The molecule has 0 amide bonds. The third-order valence-corrected chi connectivity index (χ3v) is 0. The van der Waals surface area contributed by atoms with Crippen molar-refractivity contribution in [1.82, 2.24) is 0 Å². The Balaban J connectivity index is 2.80. The summed E-state index contributed by atoms with van der Waals surface area (Å²) in [5.74, 6) is 0. The van der Waals surface area contributed by atoms with Gasteiger partial charge in [-0.2, -0.15) is 0 Å². The lowest BCUT2D eigenvalue weighted by atomic mass is 10.8. The van der Waals surface area contributed by atoms with Crippen LogP contribution in [-0.4, -0.2) is 7.57 Å². The maximum absolute atomic E-state index is 4.95. The lowest BCUT2D eigenvalue weighted by molar-refractivity contribution is 4.95. The minimum Gasteiger partial charge on any atom is 0.0774 e.